The largest absolute Gasteiger partial charge is 0.389 e. The molecule has 3 fully saturated rings. The van der Waals surface area contributed by atoms with Gasteiger partial charge in [-0.05, 0) is 44.4 Å². The molecule has 108 valence electrons. The Hall–Kier alpha value is -0.380. The molecule has 0 radical (unpaired) electrons. The van der Waals surface area contributed by atoms with Crippen LogP contribution in [0, 0.1) is 11.8 Å². The Bertz CT molecular complexity index is 331. The molecule has 0 amide bonds. The van der Waals surface area contributed by atoms with Crippen molar-refractivity contribution in [2.24, 2.45) is 11.8 Å². The number of aliphatic hydroxyl groups is 1. The summed E-state index contributed by atoms with van der Waals surface area (Å²) < 4.78 is 12.0. The van der Waals surface area contributed by atoms with Gasteiger partial charge < -0.3 is 14.6 Å². The highest BCUT2D eigenvalue weighted by Gasteiger charge is 2.60. The zero-order valence-corrected chi connectivity index (χ0v) is 11.8. The van der Waals surface area contributed by atoms with E-state index in [2.05, 4.69) is 6.58 Å². The van der Waals surface area contributed by atoms with Gasteiger partial charge in [0.1, 0.15) is 0 Å². The molecule has 3 nitrogen and oxygen atoms in total. The standard InChI is InChI=1S/C16H26O3/c1-2-3-6-13-7-4-8-15(17)9-5-10-16(14(13)15)18-11-12-19-16/h2,13-14,17H,1,3-12H2/t13-,14+,15-/m0/s1. The van der Waals surface area contributed by atoms with Crippen LogP contribution in [0.15, 0.2) is 12.7 Å². The van der Waals surface area contributed by atoms with Crippen LogP contribution in [-0.2, 0) is 9.47 Å². The molecule has 1 aliphatic heterocycles. The predicted octanol–water partition coefficient (Wildman–Crippen LogP) is 3.03. The van der Waals surface area contributed by atoms with Gasteiger partial charge in [-0.1, -0.05) is 12.5 Å². The van der Waals surface area contributed by atoms with E-state index in [9.17, 15) is 5.11 Å². The summed E-state index contributed by atoms with van der Waals surface area (Å²) in [6.07, 6.45) is 10.2. The number of hydrogen-bond donors (Lipinski definition) is 1. The van der Waals surface area contributed by atoms with Gasteiger partial charge in [-0.3, -0.25) is 0 Å². The summed E-state index contributed by atoms with van der Waals surface area (Å²) in [5.74, 6) is 0.180. The van der Waals surface area contributed by atoms with Crippen molar-refractivity contribution in [1.29, 1.82) is 0 Å². The maximum Gasteiger partial charge on any atom is 0.174 e. The molecule has 19 heavy (non-hydrogen) atoms. The molecule has 0 aromatic carbocycles. The summed E-state index contributed by atoms with van der Waals surface area (Å²) in [4.78, 5) is 0. The summed E-state index contributed by atoms with van der Waals surface area (Å²) in [7, 11) is 0. The van der Waals surface area contributed by atoms with Crippen LogP contribution in [0.25, 0.3) is 0 Å². The molecule has 0 aromatic heterocycles. The fraction of sp³-hybridized carbons (Fsp3) is 0.875. The molecule has 2 saturated carbocycles. The van der Waals surface area contributed by atoms with Gasteiger partial charge in [0.05, 0.1) is 18.8 Å². The molecule has 3 heteroatoms. The van der Waals surface area contributed by atoms with Gasteiger partial charge in [0, 0.05) is 12.3 Å². The van der Waals surface area contributed by atoms with E-state index in [0.717, 1.165) is 44.9 Å². The Labute approximate surface area is 116 Å². The highest BCUT2D eigenvalue weighted by atomic mass is 16.7. The number of fused-ring (bicyclic) bond motifs is 2. The van der Waals surface area contributed by atoms with Gasteiger partial charge >= 0.3 is 0 Å². The summed E-state index contributed by atoms with van der Waals surface area (Å²) in [5, 5.41) is 11.1. The first kappa shape index (κ1) is 13.6. The van der Waals surface area contributed by atoms with Crippen LogP contribution in [0.1, 0.15) is 51.4 Å². The van der Waals surface area contributed by atoms with Crippen molar-refractivity contribution >= 4 is 0 Å². The minimum Gasteiger partial charge on any atom is -0.389 e. The average molecular weight is 266 g/mol. The third kappa shape index (κ3) is 2.26. The van der Waals surface area contributed by atoms with Crippen molar-refractivity contribution in [3.05, 3.63) is 12.7 Å². The van der Waals surface area contributed by atoms with E-state index < -0.39 is 11.4 Å². The van der Waals surface area contributed by atoms with Gasteiger partial charge in [-0.2, -0.15) is 0 Å². The van der Waals surface area contributed by atoms with Gasteiger partial charge in [0.15, 0.2) is 5.79 Å². The van der Waals surface area contributed by atoms with Crippen LogP contribution < -0.4 is 0 Å². The van der Waals surface area contributed by atoms with Crippen LogP contribution in [-0.4, -0.2) is 29.7 Å². The molecule has 1 spiro atoms. The summed E-state index contributed by atoms with van der Waals surface area (Å²) in [6, 6.07) is 0. The molecule has 1 N–H and O–H groups in total. The number of hydrogen-bond acceptors (Lipinski definition) is 3. The van der Waals surface area contributed by atoms with Gasteiger partial charge in [0.25, 0.3) is 0 Å². The normalized spacial score (nSPS) is 41.1. The minimum absolute atomic E-state index is 0.157. The summed E-state index contributed by atoms with van der Waals surface area (Å²) in [5.41, 5.74) is -0.563. The maximum absolute atomic E-state index is 11.1. The lowest BCUT2D eigenvalue weighted by Crippen LogP contribution is -2.60. The van der Waals surface area contributed by atoms with E-state index in [1.165, 1.54) is 6.42 Å². The van der Waals surface area contributed by atoms with Crippen molar-refractivity contribution in [1.82, 2.24) is 0 Å². The van der Waals surface area contributed by atoms with E-state index in [4.69, 9.17) is 9.47 Å². The fourth-order valence-electron chi connectivity index (χ4n) is 4.71. The Kier molecular flexibility index (Phi) is 3.71. The molecule has 0 aromatic rings. The first-order chi connectivity index (χ1) is 9.20. The van der Waals surface area contributed by atoms with Gasteiger partial charge in [-0.25, -0.2) is 0 Å². The maximum atomic E-state index is 11.1. The van der Waals surface area contributed by atoms with Crippen molar-refractivity contribution in [3.8, 4) is 0 Å². The molecule has 3 atom stereocenters. The highest BCUT2D eigenvalue weighted by molar-refractivity contribution is 5.05. The SMILES string of the molecule is C=CCC[C@H]1CCC[C@]2(O)CCCC3(OCCO3)[C@H]12. The number of rotatable bonds is 3. The first-order valence-corrected chi connectivity index (χ1v) is 7.81. The molecule has 3 aliphatic rings. The quantitative estimate of drug-likeness (QED) is 0.798. The topological polar surface area (TPSA) is 38.7 Å². The van der Waals surface area contributed by atoms with Crippen LogP contribution in [0.3, 0.4) is 0 Å². The third-order valence-corrected chi connectivity index (χ3v) is 5.36. The van der Waals surface area contributed by atoms with Crippen molar-refractivity contribution in [2.45, 2.75) is 62.8 Å². The van der Waals surface area contributed by atoms with Crippen LogP contribution in [0.2, 0.25) is 0 Å². The fourth-order valence-corrected chi connectivity index (χ4v) is 4.71. The van der Waals surface area contributed by atoms with E-state index >= 15 is 0 Å². The van der Waals surface area contributed by atoms with E-state index in [0.29, 0.717) is 19.1 Å². The smallest absolute Gasteiger partial charge is 0.174 e. The first-order valence-electron chi connectivity index (χ1n) is 7.81. The molecule has 0 unspecified atom stereocenters. The van der Waals surface area contributed by atoms with Gasteiger partial charge in [-0.15, -0.1) is 6.58 Å². The molecule has 1 heterocycles. The van der Waals surface area contributed by atoms with Crippen LogP contribution >= 0.6 is 0 Å². The molecule has 0 bridgehead atoms. The minimum atomic E-state index is -0.563. The molecular formula is C16H26O3. The second-order valence-corrected chi connectivity index (χ2v) is 6.46. The Morgan fingerprint density at radius 2 is 1.89 bits per heavy atom. The lowest BCUT2D eigenvalue weighted by Gasteiger charge is -2.55. The lowest BCUT2D eigenvalue weighted by molar-refractivity contribution is -0.285. The Morgan fingerprint density at radius 3 is 2.63 bits per heavy atom. The van der Waals surface area contributed by atoms with Crippen LogP contribution in [0.4, 0.5) is 0 Å². The van der Waals surface area contributed by atoms with Gasteiger partial charge in [0.2, 0.25) is 0 Å². The molecule has 2 aliphatic carbocycles. The zero-order valence-electron chi connectivity index (χ0n) is 11.8. The van der Waals surface area contributed by atoms with Crippen LogP contribution in [0.5, 0.6) is 0 Å². The van der Waals surface area contributed by atoms with Crippen molar-refractivity contribution in [3.63, 3.8) is 0 Å². The second-order valence-electron chi connectivity index (χ2n) is 6.46. The predicted molar refractivity (Wildman–Crippen MR) is 73.7 cm³/mol. The third-order valence-electron chi connectivity index (χ3n) is 5.36. The molecule has 1 saturated heterocycles. The number of allylic oxidation sites excluding steroid dienone is 1. The van der Waals surface area contributed by atoms with E-state index in [-0.39, 0.29) is 5.92 Å². The Balaban J connectivity index is 1.87. The number of ether oxygens (including phenoxy) is 2. The summed E-state index contributed by atoms with van der Waals surface area (Å²) >= 11 is 0. The Morgan fingerprint density at radius 1 is 1.16 bits per heavy atom. The van der Waals surface area contributed by atoms with Crippen molar-refractivity contribution < 1.29 is 14.6 Å². The lowest BCUT2D eigenvalue weighted by atomic mass is 9.59. The summed E-state index contributed by atoms with van der Waals surface area (Å²) in [6.45, 7) is 5.19. The monoisotopic (exact) mass is 266 g/mol. The molecule has 3 rings (SSSR count). The van der Waals surface area contributed by atoms with Crippen molar-refractivity contribution in [2.75, 3.05) is 13.2 Å². The molecular weight excluding hydrogens is 240 g/mol. The van der Waals surface area contributed by atoms with E-state index in [1.807, 2.05) is 6.08 Å². The zero-order chi connectivity index (χ0) is 13.3. The average Bonchev–Trinajstić information content (AvgIpc) is 2.84. The second kappa shape index (κ2) is 5.19. The van der Waals surface area contributed by atoms with E-state index in [1.54, 1.807) is 0 Å². The highest BCUT2D eigenvalue weighted by Crippen LogP contribution is 2.55.